The molecule has 1 fully saturated rings. The van der Waals surface area contributed by atoms with E-state index >= 15 is 0 Å². The fourth-order valence-corrected chi connectivity index (χ4v) is 3.55. The summed E-state index contributed by atoms with van der Waals surface area (Å²) < 4.78 is 4.25. The zero-order chi connectivity index (χ0) is 15.5. The maximum atomic E-state index is 12.4. The number of rotatable bonds is 5. The maximum Gasteiger partial charge on any atom is 0.256 e. The zero-order valence-electron chi connectivity index (χ0n) is 13.5. The van der Waals surface area contributed by atoms with Crippen LogP contribution in [0.4, 0.5) is 5.00 Å². The van der Waals surface area contributed by atoms with Crippen LogP contribution in [-0.4, -0.2) is 47.4 Å². The smallest absolute Gasteiger partial charge is 0.256 e. The molecule has 0 aromatic carbocycles. The highest BCUT2D eigenvalue weighted by Gasteiger charge is 2.29. The van der Waals surface area contributed by atoms with Crippen LogP contribution in [0.15, 0.2) is 0 Å². The SMILES string of the molecule is CNc1snc(C)c1C(=O)NCC(C)(C)N1CCCCC1. The van der Waals surface area contributed by atoms with Crippen molar-refractivity contribution in [1.29, 1.82) is 0 Å². The summed E-state index contributed by atoms with van der Waals surface area (Å²) in [5, 5.41) is 6.96. The maximum absolute atomic E-state index is 12.4. The Kier molecular flexibility index (Phi) is 5.22. The molecule has 1 amide bonds. The fraction of sp³-hybridized carbons (Fsp3) is 0.733. The van der Waals surface area contributed by atoms with Gasteiger partial charge in [-0.1, -0.05) is 6.42 Å². The summed E-state index contributed by atoms with van der Waals surface area (Å²) in [7, 11) is 1.82. The van der Waals surface area contributed by atoms with Crippen LogP contribution in [0.1, 0.15) is 49.2 Å². The second kappa shape index (κ2) is 6.75. The Morgan fingerprint density at radius 1 is 1.33 bits per heavy atom. The molecule has 2 rings (SSSR count). The number of nitrogens with one attached hydrogen (secondary N) is 2. The number of amides is 1. The van der Waals surface area contributed by atoms with Gasteiger partial charge in [0.05, 0.1) is 11.3 Å². The van der Waals surface area contributed by atoms with Crippen LogP contribution in [0, 0.1) is 6.92 Å². The van der Waals surface area contributed by atoms with Gasteiger partial charge in [0, 0.05) is 19.1 Å². The molecule has 0 radical (unpaired) electrons. The highest BCUT2D eigenvalue weighted by atomic mass is 32.1. The Bertz CT molecular complexity index is 492. The monoisotopic (exact) mass is 310 g/mol. The van der Waals surface area contributed by atoms with Gasteiger partial charge in [-0.2, -0.15) is 4.37 Å². The van der Waals surface area contributed by atoms with Gasteiger partial charge in [0.25, 0.3) is 5.91 Å². The highest BCUT2D eigenvalue weighted by molar-refractivity contribution is 7.10. The van der Waals surface area contributed by atoms with Crippen LogP contribution in [0.25, 0.3) is 0 Å². The number of piperidine rings is 1. The summed E-state index contributed by atoms with van der Waals surface area (Å²) >= 11 is 1.33. The molecule has 0 atom stereocenters. The Labute approximate surface area is 131 Å². The van der Waals surface area contributed by atoms with Gasteiger partial charge >= 0.3 is 0 Å². The third-order valence-electron chi connectivity index (χ3n) is 4.21. The lowest BCUT2D eigenvalue weighted by atomic mass is 9.98. The molecule has 5 nitrogen and oxygen atoms in total. The van der Waals surface area contributed by atoms with Crippen molar-refractivity contribution in [3.8, 4) is 0 Å². The summed E-state index contributed by atoms with van der Waals surface area (Å²) in [5.74, 6) is -0.0318. The molecule has 0 spiro atoms. The molecule has 1 aromatic rings. The molecular formula is C15H26N4OS. The van der Waals surface area contributed by atoms with E-state index in [4.69, 9.17) is 0 Å². The van der Waals surface area contributed by atoms with E-state index in [1.807, 2.05) is 14.0 Å². The number of aromatic nitrogens is 1. The van der Waals surface area contributed by atoms with Gasteiger partial charge in [0.15, 0.2) is 0 Å². The van der Waals surface area contributed by atoms with Crippen LogP contribution >= 0.6 is 11.5 Å². The van der Waals surface area contributed by atoms with E-state index < -0.39 is 0 Å². The number of hydrogen-bond donors (Lipinski definition) is 2. The number of hydrogen-bond acceptors (Lipinski definition) is 5. The van der Waals surface area contributed by atoms with Crippen molar-refractivity contribution in [3.63, 3.8) is 0 Å². The van der Waals surface area contributed by atoms with Crippen LogP contribution < -0.4 is 10.6 Å². The second-order valence-electron chi connectivity index (χ2n) is 6.26. The van der Waals surface area contributed by atoms with Crippen LogP contribution in [0.3, 0.4) is 0 Å². The lowest BCUT2D eigenvalue weighted by Crippen LogP contribution is -2.53. The van der Waals surface area contributed by atoms with E-state index in [2.05, 4.69) is 33.8 Å². The summed E-state index contributed by atoms with van der Waals surface area (Å²) in [6, 6.07) is 0. The minimum atomic E-state index is -0.0318. The normalized spacial score (nSPS) is 16.8. The molecule has 6 heteroatoms. The first kappa shape index (κ1) is 16.2. The minimum Gasteiger partial charge on any atom is -0.378 e. The highest BCUT2D eigenvalue weighted by Crippen LogP contribution is 2.24. The lowest BCUT2D eigenvalue weighted by Gasteiger charge is -2.41. The van der Waals surface area contributed by atoms with E-state index in [0.717, 1.165) is 23.8 Å². The van der Waals surface area contributed by atoms with Crippen LogP contribution in [-0.2, 0) is 0 Å². The largest absolute Gasteiger partial charge is 0.378 e. The molecule has 1 aliphatic heterocycles. The van der Waals surface area contributed by atoms with Crippen molar-refractivity contribution in [2.24, 2.45) is 0 Å². The molecule has 21 heavy (non-hydrogen) atoms. The quantitative estimate of drug-likeness (QED) is 0.877. The molecular weight excluding hydrogens is 284 g/mol. The van der Waals surface area contributed by atoms with Crippen molar-refractivity contribution in [1.82, 2.24) is 14.6 Å². The number of likely N-dealkylation sites (tertiary alicyclic amines) is 1. The third-order valence-corrected chi connectivity index (χ3v) is 5.17. The molecule has 2 heterocycles. The van der Waals surface area contributed by atoms with Crippen molar-refractivity contribution in [2.75, 3.05) is 32.0 Å². The minimum absolute atomic E-state index is 0.00671. The summed E-state index contributed by atoms with van der Waals surface area (Å²) in [6.07, 6.45) is 3.84. The number of aryl methyl sites for hydroxylation is 1. The molecule has 2 N–H and O–H groups in total. The average molecular weight is 310 g/mol. The summed E-state index contributed by atoms with van der Waals surface area (Å²) in [5.41, 5.74) is 1.46. The first-order chi connectivity index (χ1) is 9.95. The number of nitrogens with zero attached hydrogens (tertiary/aromatic N) is 2. The van der Waals surface area contributed by atoms with E-state index in [0.29, 0.717) is 12.1 Å². The number of carbonyl (C=O) groups is 1. The van der Waals surface area contributed by atoms with Gasteiger partial charge in [-0.25, -0.2) is 0 Å². The van der Waals surface area contributed by atoms with Crippen LogP contribution in [0.5, 0.6) is 0 Å². The van der Waals surface area contributed by atoms with Gasteiger partial charge in [0.2, 0.25) is 0 Å². The molecule has 0 saturated carbocycles. The predicted octanol–water partition coefficient (Wildman–Crippen LogP) is 2.49. The Morgan fingerprint density at radius 3 is 2.62 bits per heavy atom. The third kappa shape index (κ3) is 3.74. The van der Waals surface area contributed by atoms with Gasteiger partial charge in [-0.05, 0) is 58.2 Å². The van der Waals surface area contributed by atoms with Crippen molar-refractivity contribution in [2.45, 2.75) is 45.6 Å². The van der Waals surface area contributed by atoms with Crippen molar-refractivity contribution in [3.05, 3.63) is 11.3 Å². The van der Waals surface area contributed by atoms with Crippen molar-refractivity contribution >= 4 is 22.4 Å². The first-order valence-electron chi connectivity index (χ1n) is 7.63. The summed E-state index contributed by atoms with van der Waals surface area (Å²) in [4.78, 5) is 14.9. The zero-order valence-corrected chi connectivity index (χ0v) is 14.3. The molecule has 1 aromatic heterocycles. The van der Waals surface area contributed by atoms with Crippen molar-refractivity contribution < 1.29 is 4.79 Å². The molecule has 0 bridgehead atoms. The van der Waals surface area contributed by atoms with Crippen LogP contribution in [0.2, 0.25) is 0 Å². The number of anilines is 1. The molecule has 0 unspecified atom stereocenters. The van der Waals surface area contributed by atoms with Gasteiger partial charge < -0.3 is 10.6 Å². The molecule has 1 saturated heterocycles. The lowest BCUT2D eigenvalue weighted by molar-refractivity contribution is 0.0798. The van der Waals surface area contributed by atoms with Gasteiger partial charge in [-0.15, -0.1) is 0 Å². The van der Waals surface area contributed by atoms with E-state index in [-0.39, 0.29) is 11.4 Å². The topological polar surface area (TPSA) is 57.3 Å². The standard InChI is InChI=1S/C15H26N4OS/c1-11-12(14(16-4)21-18-11)13(20)17-10-15(2,3)19-8-6-5-7-9-19/h16H,5-10H2,1-4H3,(H,17,20). The average Bonchev–Trinajstić information content (AvgIpc) is 2.87. The molecule has 1 aliphatic rings. The molecule has 118 valence electrons. The predicted molar refractivity (Wildman–Crippen MR) is 88.2 cm³/mol. The number of carbonyl (C=O) groups excluding carboxylic acids is 1. The molecule has 0 aliphatic carbocycles. The summed E-state index contributed by atoms with van der Waals surface area (Å²) in [6.45, 7) is 9.20. The van der Waals surface area contributed by atoms with Gasteiger partial charge in [-0.3, -0.25) is 9.69 Å². The van der Waals surface area contributed by atoms with Gasteiger partial charge in [0.1, 0.15) is 5.00 Å². The Hall–Kier alpha value is -1.14. The van der Waals surface area contributed by atoms with E-state index in [1.165, 1.54) is 30.8 Å². The fourth-order valence-electron chi connectivity index (χ4n) is 2.80. The second-order valence-corrected chi connectivity index (χ2v) is 7.04. The van der Waals surface area contributed by atoms with E-state index in [1.54, 1.807) is 0 Å². The van der Waals surface area contributed by atoms with E-state index in [9.17, 15) is 4.79 Å². The first-order valence-corrected chi connectivity index (χ1v) is 8.40. The Balaban J connectivity index is 1.98. The Morgan fingerprint density at radius 2 is 2.00 bits per heavy atom.